The molecule has 0 bridgehead atoms. The number of aromatic amines is 1. The first-order valence-electron chi connectivity index (χ1n) is 7.54. The van der Waals surface area contributed by atoms with Crippen LogP contribution in [0, 0.1) is 6.92 Å². The topological polar surface area (TPSA) is 69.3 Å². The van der Waals surface area contributed by atoms with E-state index in [0.717, 1.165) is 18.7 Å². The van der Waals surface area contributed by atoms with Gasteiger partial charge < -0.3 is 9.88 Å². The molecule has 0 atom stereocenters. The van der Waals surface area contributed by atoms with E-state index in [4.69, 9.17) is 0 Å². The highest BCUT2D eigenvalue weighted by Crippen LogP contribution is 2.22. The van der Waals surface area contributed by atoms with Crippen LogP contribution < -0.4 is 5.56 Å². The van der Waals surface area contributed by atoms with Gasteiger partial charge in [-0.1, -0.05) is 18.2 Å². The number of carbonyl (C=O) groups is 1. The Bertz CT molecular complexity index is 812. The molecule has 120 valence electrons. The summed E-state index contributed by atoms with van der Waals surface area (Å²) in [6.45, 7) is 4.04. The van der Waals surface area contributed by atoms with Gasteiger partial charge in [0.1, 0.15) is 11.4 Å². The van der Waals surface area contributed by atoms with E-state index in [0.29, 0.717) is 12.4 Å². The number of nitrogens with zero attached hydrogens (tertiary/aromatic N) is 3. The summed E-state index contributed by atoms with van der Waals surface area (Å²) in [4.78, 5) is 34.7. The maximum absolute atomic E-state index is 12.4. The van der Waals surface area contributed by atoms with Crippen LogP contribution >= 0.6 is 0 Å². The Labute approximate surface area is 134 Å². The molecular formula is C17H20N4O2. The van der Waals surface area contributed by atoms with Crippen molar-refractivity contribution in [1.82, 2.24) is 19.8 Å². The Hall–Kier alpha value is -2.47. The van der Waals surface area contributed by atoms with E-state index in [1.165, 1.54) is 17.3 Å². The quantitative estimate of drug-likeness (QED) is 0.927. The minimum absolute atomic E-state index is 0.0685. The molecule has 0 saturated heterocycles. The van der Waals surface area contributed by atoms with E-state index in [1.807, 2.05) is 6.07 Å². The number of H-pyrrole nitrogens is 1. The first kappa shape index (κ1) is 15.4. The van der Waals surface area contributed by atoms with Gasteiger partial charge in [0.05, 0.1) is 0 Å². The van der Waals surface area contributed by atoms with Gasteiger partial charge in [0, 0.05) is 32.9 Å². The average molecular weight is 312 g/mol. The van der Waals surface area contributed by atoms with E-state index >= 15 is 0 Å². The summed E-state index contributed by atoms with van der Waals surface area (Å²) in [6.07, 6.45) is 1.34. The van der Waals surface area contributed by atoms with Crippen molar-refractivity contribution in [3.05, 3.63) is 62.8 Å². The largest absolute Gasteiger partial charge is 0.337 e. The molecule has 0 aliphatic carbocycles. The van der Waals surface area contributed by atoms with Gasteiger partial charge in [0.2, 0.25) is 0 Å². The SMILES string of the molecule is Cc1ncc(C(=O)N(C)Cc2ccc3c(c2)CN(C)C3)c(=O)[nH]1. The number of nitrogens with one attached hydrogen (secondary N) is 1. The van der Waals surface area contributed by atoms with Crippen LogP contribution in [-0.4, -0.2) is 39.8 Å². The summed E-state index contributed by atoms with van der Waals surface area (Å²) in [6, 6.07) is 6.30. The molecular weight excluding hydrogens is 292 g/mol. The first-order chi connectivity index (χ1) is 10.9. The summed E-state index contributed by atoms with van der Waals surface area (Å²) >= 11 is 0. The number of hydrogen-bond acceptors (Lipinski definition) is 4. The summed E-state index contributed by atoms with van der Waals surface area (Å²) in [5.41, 5.74) is 3.38. The molecule has 3 rings (SSSR count). The predicted octanol–water partition coefficient (Wildman–Crippen LogP) is 1.30. The Morgan fingerprint density at radius 2 is 2.09 bits per heavy atom. The maximum Gasteiger partial charge on any atom is 0.263 e. The van der Waals surface area contributed by atoms with Crippen LogP contribution in [0.5, 0.6) is 0 Å². The van der Waals surface area contributed by atoms with Gasteiger partial charge in [-0.2, -0.15) is 0 Å². The van der Waals surface area contributed by atoms with Crippen molar-refractivity contribution >= 4 is 5.91 Å². The second-order valence-electron chi connectivity index (χ2n) is 6.15. The van der Waals surface area contributed by atoms with Crippen molar-refractivity contribution in [2.75, 3.05) is 14.1 Å². The van der Waals surface area contributed by atoms with Gasteiger partial charge in [-0.25, -0.2) is 4.98 Å². The summed E-state index contributed by atoms with van der Waals surface area (Å²) in [5.74, 6) is 0.174. The molecule has 1 amide bonds. The molecule has 0 fully saturated rings. The van der Waals surface area contributed by atoms with Crippen LogP contribution in [0.1, 0.15) is 32.9 Å². The van der Waals surface area contributed by atoms with Crippen molar-refractivity contribution in [2.45, 2.75) is 26.6 Å². The molecule has 2 aromatic rings. The van der Waals surface area contributed by atoms with Crippen molar-refractivity contribution in [2.24, 2.45) is 0 Å². The third-order valence-corrected chi connectivity index (χ3v) is 4.07. The van der Waals surface area contributed by atoms with E-state index in [-0.39, 0.29) is 11.5 Å². The fourth-order valence-corrected chi connectivity index (χ4v) is 2.90. The van der Waals surface area contributed by atoms with Gasteiger partial charge in [-0.3, -0.25) is 14.5 Å². The highest BCUT2D eigenvalue weighted by Gasteiger charge is 2.19. The number of rotatable bonds is 3. The van der Waals surface area contributed by atoms with Crippen LogP contribution in [0.15, 0.2) is 29.2 Å². The summed E-state index contributed by atoms with van der Waals surface area (Å²) < 4.78 is 0. The number of carbonyl (C=O) groups excluding carboxylic acids is 1. The number of benzene rings is 1. The molecule has 2 heterocycles. The minimum atomic E-state index is -0.398. The summed E-state index contributed by atoms with van der Waals surface area (Å²) in [5, 5.41) is 0. The van der Waals surface area contributed by atoms with Crippen LogP contribution in [0.25, 0.3) is 0 Å². The number of amides is 1. The van der Waals surface area contributed by atoms with Gasteiger partial charge in [0.25, 0.3) is 11.5 Å². The summed E-state index contributed by atoms with van der Waals surface area (Å²) in [7, 11) is 3.78. The Morgan fingerprint density at radius 1 is 1.35 bits per heavy atom. The molecule has 0 saturated carbocycles. The molecule has 0 radical (unpaired) electrons. The number of aromatic nitrogens is 2. The van der Waals surface area contributed by atoms with Crippen LogP contribution in [0.2, 0.25) is 0 Å². The lowest BCUT2D eigenvalue weighted by molar-refractivity contribution is 0.0782. The lowest BCUT2D eigenvalue weighted by atomic mass is 10.1. The lowest BCUT2D eigenvalue weighted by Crippen LogP contribution is -2.31. The second kappa shape index (κ2) is 5.96. The van der Waals surface area contributed by atoms with E-state index in [9.17, 15) is 9.59 Å². The molecule has 6 nitrogen and oxygen atoms in total. The fraction of sp³-hybridized carbons (Fsp3) is 0.353. The van der Waals surface area contributed by atoms with Crippen molar-refractivity contribution in [3.63, 3.8) is 0 Å². The molecule has 23 heavy (non-hydrogen) atoms. The first-order valence-corrected chi connectivity index (χ1v) is 7.54. The Kier molecular flexibility index (Phi) is 4.00. The van der Waals surface area contributed by atoms with E-state index < -0.39 is 5.56 Å². The predicted molar refractivity (Wildman–Crippen MR) is 87.0 cm³/mol. The zero-order valence-corrected chi connectivity index (χ0v) is 13.6. The highest BCUT2D eigenvalue weighted by molar-refractivity contribution is 5.93. The van der Waals surface area contributed by atoms with Gasteiger partial charge in [-0.15, -0.1) is 0 Å². The lowest BCUT2D eigenvalue weighted by Gasteiger charge is -2.17. The highest BCUT2D eigenvalue weighted by atomic mass is 16.2. The number of aryl methyl sites for hydroxylation is 1. The standard InChI is InChI=1S/C17H20N4O2/c1-11-18-7-15(16(22)19-11)17(23)21(3)8-12-4-5-13-9-20(2)10-14(13)6-12/h4-7H,8-10H2,1-3H3,(H,18,19,22). The molecule has 1 aliphatic rings. The maximum atomic E-state index is 12.4. The zero-order chi connectivity index (χ0) is 16.6. The van der Waals surface area contributed by atoms with Gasteiger partial charge in [0.15, 0.2) is 0 Å². The zero-order valence-electron chi connectivity index (χ0n) is 13.6. The minimum Gasteiger partial charge on any atom is -0.337 e. The Balaban J connectivity index is 1.76. The third-order valence-electron chi connectivity index (χ3n) is 4.07. The molecule has 1 aliphatic heterocycles. The number of hydrogen-bond donors (Lipinski definition) is 1. The number of fused-ring (bicyclic) bond motifs is 1. The third kappa shape index (κ3) is 3.17. The molecule has 1 aromatic carbocycles. The Morgan fingerprint density at radius 3 is 2.83 bits per heavy atom. The average Bonchev–Trinajstić information content (AvgIpc) is 2.86. The van der Waals surface area contributed by atoms with Crippen LogP contribution in [0.3, 0.4) is 0 Å². The fourth-order valence-electron chi connectivity index (χ4n) is 2.90. The monoisotopic (exact) mass is 312 g/mol. The molecule has 0 spiro atoms. The van der Waals surface area contributed by atoms with Crippen LogP contribution in [-0.2, 0) is 19.6 Å². The smallest absolute Gasteiger partial charge is 0.263 e. The molecule has 1 aromatic heterocycles. The van der Waals surface area contributed by atoms with Crippen LogP contribution in [0.4, 0.5) is 0 Å². The second-order valence-corrected chi connectivity index (χ2v) is 6.15. The van der Waals surface area contributed by atoms with Crippen molar-refractivity contribution < 1.29 is 4.79 Å². The van der Waals surface area contributed by atoms with E-state index in [1.54, 1.807) is 18.9 Å². The van der Waals surface area contributed by atoms with Gasteiger partial charge in [-0.05, 0) is 30.7 Å². The van der Waals surface area contributed by atoms with E-state index in [2.05, 4.69) is 34.0 Å². The van der Waals surface area contributed by atoms with Crippen molar-refractivity contribution in [1.29, 1.82) is 0 Å². The van der Waals surface area contributed by atoms with Gasteiger partial charge >= 0.3 is 0 Å². The molecule has 0 unspecified atom stereocenters. The molecule has 1 N–H and O–H groups in total. The molecule has 6 heteroatoms. The van der Waals surface area contributed by atoms with Crippen molar-refractivity contribution in [3.8, 4) is 0 Å². The normalized spacial score (nSPS) is 13.9.